The number of aromatic nitrogens is 1. The molecular weight excluding hydrogens is 236 g/mol. The summed E-state index contributed by atoms with van der Waals surface area (Å²) in [6.45, 7) is 0. The second kappa shape index (κ2) is 4.05. The second-order valence-electron chi connectivity index (χ2n) is 5.65. The van der Waals surface area contributed by atoms with Gasteiger partial charge >= 0.3 is 0 Å². The normalized spacial score (nSPS) is 28.1. The lowest BCUT2D eigenvalue weighted by Crippen LogP contribution is -2.16. The number of amides is 1. The minimum Gasteiger partial charge on any atom is -0.325 e. The molecule has 1 heterocycles. The van der Waals surface area contributed by atoms with Crippen LogP contribution in [-0.2, 0) is 4.79 Å². The van der Waals surface area contributed by atoms with Gasteiger partial charge in [0.1, 0.15) is 0 Å². The van der Waals surface area contributed by atoms with Crippen molar-refractivity contribution in [2.45, 2.75) is 19.3 Å². The van der Waals surface area contributed by atoms with E-state index in [0.29, 0.717) is 11.8 Å². The van der Waals surface area contributed by atoms with Gasteiger partial charge in [-0.2, -0.15) is 0 Å². The summed E-state index contributed by atoms with van der Waals surface area (Å²) in [6, 6.07) is 9.78. The SMILES string of the molecule is O=C(Nc1cccc2ncccc12)C1C2CCCC21. The van der Waals surface area contributed by atoms with Crippen molar-refractivity contribution in [3.8, 4) is 0 Å². The van der Waals surface area contributed by atoms with Gasteiger partial charge in [-0.15, -0.1) is 0 Å². The van der Waals surface area contributed by atoms with Crippen LogP contribution in [-0.4, -0.2) is 10.9 Å². The Morgan fingerprint density at radius 1 is 1.16 bits per heavy atom. The van der Waals surface area contributed by atoms with Crippen molar-refractivity contribution >= 4 is 22.5 Å². The predicted molar refractivity (Wildman–Crippen MR) is 74.7 cm³/mol. The van der Waals surface area contributed by atoms with Crippen molar-refractivity contribution < 1.29 is 4.79 Å². The zero-order chi connectivity index (χ0) is 12.8. The van der Waals surface area contributed by atoms with Gasteiger partial charge in [0, 0.05) is 17.5 Å². The zero-order valence-corrected chi connectivity index (χ0v) is 10.7. The fraction of sp³-hybridized carbons (Fsp3) is 0.375. The summed E-state index contributed by atoms with van der Waals surface area (Å²) in [5.74, 6) is 1.79. The number of rotatable bonds is 2. The Labute approximate surface area is 112 Å². The number of nitrogens with zero attached hydrogens (tertiary/aromatic N) is 1. The van der Waals surface area contributed by atoms with Gasteiger partial charge < -0.3 is 5.32 Å². The van der Waals surface area contributed by atoms with Crippen LogP contribution in [0.3, 0.4) is 0 Å². The van der Waals surface area contributed by atoms with Gasteiger partial charge in [-0.05, 0) is 48.9 Å². The minimum atomic E-state index is 0.200. The van der Waals surface area contributed by atoms with E-state index in [1.165, 1.54) is 19.3 Å². The van der Waals surface area contributed by atoms with Crippen LogP contribution >= 0.6 is 0 Å². The molecule has 3 nitrogen and oxygen atoms in total. The lowest BCUT2D eigenvalue weighted by molar-refractivity contribution is -0.118. The summed E-state index contributed by atoms with van der Waals surface area (Å²) in [5.41, 5.74) is 1.82. The highest BCUT2D eigenvalue weighted by Crippen LogP contribution is 2.57. The molecule has 0 bridgehead atoms. The standard InChI is InChI=1S/C16H16N2O/c19-16(15-10-4-1-5-11(10)15)18-14-8-2-7-13-12(14)6-3-9-17-13/h2-3,6-11,15H,1,4-5H2,(H,18,19). The molecule has 1 amide bonds. The first-order valence-electron chi connectivity index (χ1n) is 6.99. The Hall–Kier alpha value is -1.90. The Morgan fingerprint density at radius 2 is 2.00 bits per heavy atom. The van der Waals surface area contributed by atoms with Crippen LogP contribution in [0.2, 0.25) is 0 Å². The quantitative estimate of drug-likeness (QED) is 0.891. The number of carbonyl (C=O) groups is 1. The monoisotopic (exact) mass is 252 g/mol. The first kappa shape index (κ1) is 11.0. The van der Waals surface area contributed by atoms with Crippen LogP contribution in [0, 0.1) is 17.8 Å². The summed E-state index contributed by atoms with van der Waals surface area (Å²) in [6.07, 6.45) is 5.55. The van der Waals surface area contributed by atoms with E-state index in [2.05, 4.69) is 10.3 Å². The Bertz CT molecular complexity index is 637. The van der Waals surface area contributed by atoms with Crippen LogP contribution in [0.4, 0.5) is 5.69 Å². The fourth-order valence-electron chi connectivity index (χ4n) is 3.64. The zero-order valence-electron chi connectivity index (χ0n) is 10.7. The van der Waals surface area contributed by atoms with Crippen molar-refractivity contribution in [3.63, 3.8) is 0 Å². The summed E-state index contributed by atoms with van der Waals surface area (Å²) < 4.78 is 0. The van der Waals surface area contributed by atoms with E-state index >= 15 is 0 Å². The minimum absolute atomic E-state index is 0.200. The van der Waals surface area contributed by atoms with Crippen molar-refractivity contribution in [1.82, 2.24) is 4.98 Å². The van der Waals surface area contributed by atoms with Gasteiger partial charge in [0.2, 0.25) is 5.91 Å². The van der Waals surface area contributed by atoms with Gasteiger partial charge in [0.05, 0.1) is 11.2 Å². The molecular formula is C16H16N2O. The molecule has 0 spiro atoms. The lowest BCUT2D eigenvalue weighted by Gasteiger charge is -2.09. The van der Waals surface area contributed by atoms with Crippen LogP contribution in [0.1, 0.15) is 19.3 Å². The third-order valence-corrected chi connectivity index (χ3v) is 4.61. The fourth-order valence-corrected chi connectivity index (χ4v) is 3.64. The highest BCUT2D eigenvalue weighted by atomic mass is 16.2. The summed E-state index contributed by atoms with van der Waals surface area (Å²) in [7, 11) is 0. The molecule has 0 saturated heterocycles. The molecule has 2 saturated carbocycles. The number of hydrogen-bond donors (Lipinski definition) is 1. The topological polar surface area (TPSA) is 42.0 Å². The largest absolute Gasteiger partial charge is 0.325 e. The van der Waals surface area contributed by atoms with E-state index in [1.54, 1.807) is 6.20 Å². The maximum absolute atomic E-state index is 12.3. The molecule has 3 heteroatoms. The number of hydrogen-bond acceptors (Lipinski definition) is 2. The molecule has 1 aromatic carbocycles. The molecule has 2 fully saturated rings. The summed E-state index contributed by atoms with van der Waals surface area (Å²) >= 11 is 0. The smallest absolute Gasteiger partial charge is 0.228 e. The number of benzene rings is 1. The van der Waals surface area contributed by atoms with Gasteiger partial charge in [0.15, 0.2) is 0 Å². The first-order chi connectivity index (χ1) is 9.34. The number of nitrogens with one attached hydrogen (secondary N) is 1. The molecule has 4 rings (SSSR count). The van der Waals surface area contributed by atoms with E-state index in [1.807, 2.05) is 30.3 Å². The van der Waals surface area contributed by atoms with Crippen LogP contribution < -0.4 is 5.32 Å². The molecule has 96 valence electrons. The van der Waals surface area contributed by atoms with E-state index < -0.39 is 0 Å². The molecule has 1 aromatic heterocycles. The van der Waals surface area contributed by atoms with E-state index in [9.17, 15) is 4.79 Å². The molecule has 2 aliphatic rings. The van der Waals surface area contributed by atoms with E-state index in [0.717, 1.165) is 16.6 Å². The lowest BCUT2D eigenvalue weighted by atomic mass is 10.1. The van der Waals surface area contributed by atoms with Crippen molar-refractivity contribution in [2.24, 2.45) is 17.8 Å². The van der Waals surface area contributed by atoms with E-state index in [-0.39, 0.29) is 11.8 Å². The van der Waals surface area contributed by atoms with Crippen molar-refractivity contribution in [2.75, 3.05) is 5.32 Å². The maximum Gasteiger partial charge on any atom is 0.228 e. The number of fused-ring (bicyclic) bond motifs is 2. The van der Waals surface area contributed by atoms with Gasteiger partial charge in [-0.25, -0.2) is 0 Å². The summed E-state index contributed by atoms with van der Waals surface area (Å²) in [5, 5.41) is 4.11. The van der Waals surface area contributed by atoms with Gasteiger partial charge in [0.25, 0.3) is 0 Å². The van der Waals surface area contributed by atoms with Crippen LogP contribution in [0.15, 0.2) is 36.5 Å². The third kappa shape index (κ3) is 1.72. The summed E-state index contributed by atoms with van der Waals surface area (Å²) in [4.78, 5) is 16.6. The Morgan fingerprint density at radius 3 is 2.84 bits per heavy atom. The molecule has 2 aromatic rings. The molecule has 2 atom stereocenters. The molecule has 2 unspecified atom stereocenters. The van der Waals surface area contributed by atoms with Crippen LogP contribution in [0.5, 0.6) is 0 Å². The first-order valence-corrected chi connectivity index (χ1v) is 6.99. The van der Waals surface area contributed by atoms with Gasteiger partial charge in [-0.1, -0.05) is 12.5 Å². The molecule has 0 radical (unpaired) electrons. The second-order valence-corrected chi connectivity index (χ2v) is 5.65. The molecule has 0 aliphatic heterocycles. The van der Waals surface area contributed by atoms with Crippen LogP contribution in [0.25, 0.3) is 10.9 Å². The van der Waals surface area contributed by atoms with Gasteiger partial charge in [-0.3, -0.25) is 9.78 Å². The Kier molecular flexibility index (Phi) is 2.34. The van der Waals surface area contributed by atoms with Crippen molar-refractivity contribution in [3.05, 3.63) is 36.5 Å². The third-order valence-electron chi connectivity index (χ3n) is 4.61. The maximum atomic E-state index is 12.3. The Balaban J connectivity index is 1.60. The number of pyridine rings is 1. The molecule has 2 aliphatic carbocycles. The van der Waals surface area contributed by atoms with E-state index in [4.69, 9.17) is 0 Å². The number of carbonyl (C=O) groups excluding carboxylic acids is 1. The predicted octanol–water partition coefficient (Wildman–Crippen LogP) is 3.22. The average molecular weight is 252 g/mol. The molecule has 1 N–H and O–H groups in total. The number of anilines is 1. The molecule has 19 heavy (non-hydrogen) atoms. The highest BCUT2D eigenvalue weighted by molar-refractivity contribution is 6.02. The average Bonchev–Trinajstić information content (AvgIpc) is 2.93. The highest BCUT2D eigenvalue weighted by Gasteiger charge is 2.56. The van der Waals surface area contributed by atoms with Crippen molar-refractivity contribution in [1.29, 1.82) is 0 Å².